The van der Waals surface area contributed by atoms with Crippen LogP contribution in [0.1, 0.15) is 45.7 Å². The Labute approximate surface area is 110 Å². The highest BCUT2D eigenvalue weighted by atomic mass is 16.5. The van der Waals surface area contributed by atoms with Crippen LogP contribution in [0.15, 0.2) is 29.3 Å². The van der Waals surface area contributed by atoms with E-state index in [1.165, 1.54) is 5.56 Å². The molecule has 0 amide bonds. The van der Waals surface area contributed by atoms with Crippen LogP contribution in [0.5, 0.6) is 0 Å². The van der Waals surface area contributed by atoms with Crippen molar-refractivity contribution in [3.63, 3.8) is 0 Å². The number of hydrogen-bond donors (Lipinski definition) is 0. The van der Waals surface area contributed by atoms with Crippen LogP contribution in [-0.4, -0.2) is 18.5 Å². The molecule has 0 spiro atoms. The molecule has 1 aromatic carbocycles. The van der Waals surface area contributed by atoms with Crippen LogP contribution in [0.25, 0.3) is 0 Å². The molecule has 0 saturated carbocycles. The van der Waals surface area contributed by atoms with Crippen LogP contribution in [-0.2, 0) is 10.2 Å². The van der Waals surface area contributed by atoms with Crippen LogP contribution in [0.2, 0.25) is 0 Å². The smallest absolute Gasteiger partial charge is 0.216 e. The number of rotatable bonds is 2. The quantitative estimate of drug-likeness (QED) is 0.777. The fraction of sp³-hybridized carbons (Fsp3) is 0.562. The molecule has 0 N–H and O–H groups in total. The summed E-state index contributed by atoms with van der Waals surface area (Å²) < 4.78 is 5.69. The largest absolute Gasteiger partial charge is 0.475 e. The standard InChI is InChI=1S/C16H23NO/c1-11(2)14-10-18-15(17-14)12-6-8-13(9-7-12)16(3,4)5/h6-9,11,14H,10H2,1-5H3. The monoisotopic (exact) mass is 245 g/mol. The van der Waals surface area contributed by atoms with Crippen molar-refractivity contribution in [2.24, 2.45) is 10.9 Å². The molecule has 0 radical (unpaired) electrons. The van der Waals surface area contributed by atoms with Gasteiger partial charge in [-0.25, -0.2) is 4.99 Å². The maximum absolute atomic E-state index is 5.69. The summed E-state index contributed by atoms with van der Waals surface area (Å²) in [5, 5.41) is 0. The Kier molecular flexibility index (Phi) is 3.47. The summed E-state index contributed by atoms with van der Waals surface area (Å²) in [6, 6.07) is 8.88. The maximum Gasteiger partial charge on any atom is 0.216 e. The molecule has 1 atom stereocenters. The molecule has 1 aliphatic heterocycles. The van der Waals surface area contributed by atoms with Crippen molar-refractivity contribution < 1.29 is 4.74 Å². The highest BCUT2D eigenvalue weighted by Gasteiger charge is 2.23. The highest BCUT2D eigenvalue weighted by Crippen LogP contribution is 2.23. The van der Waals surface area contributed by atoms with E-state index < -0.39 is 0 Å². The normalized spacial score (nSPS) is 19.9. The zero-order chi connectivity index (χ0) is 13.3. The first-order valence-corrected chi connectivity index (χ1v) is 6.69. The molecule has 2 nitrogen and oxygen atoms in total. The fourth-order valence-electron chi connectivity index (χ4n) is 2.00. The molecule has 98 valence electrons. The van der Waals surface area contributed by atoms with E-state index in [4.69, 9.17) is 4.74 Å². The lowest BCUT2D eigenvalue weighted by Crippen LogP contribution is -2.13. The lowest BCUT2D eigenvalue weighted by atomic mass is 9.87. The molecular formula is C16H23NO. The molecule has 0 fully saturated rings. The van der Waals surface area contributed by atoms with Gasteiger partial charge in [0.05, 0.1) is 6.04 Å². The van der Waals surface area contributed by atoms with Gasteiger partial charge in [0.15, 0.2) is 0 Å². The SMILES string of the molecule is CC(C)C1COC(c2ccc(C(C)(C)C)cc2)=N1. The minimum Gasteiger partial charge on any atom is -0.475 e. The Balaban J connectivity index is 2.19. The van der Waals surface area contributed by atoms with Gasteiger partial charge in [-0.3, -0.25) is 0 Å². The second-order valence-electron chi connectivity index (χ2n) is 6.38. The lowest BCUT2D eigenvalue weighted by Gasteiger charge is -2.19. The van der Waals surface area contributed by atoms with E-state index in [1.54, 1.807) is 0 Å². The molecule has 1 aromatic rings. The highest BCUT2D eigenvalue weighted by molar-refractivity contribution is 5.95. The van der Waals surface area contributed by atoms with Crippen molar-refractivity contribution in [3.8, 4) is 0 Å². The minimum atomic E-state index is 0.192. The van der Waals surface area contributed by atoms with Gasteiger partial charge in [0.25, 0.3) is 0 Å². The Morgan fingerprint density at radius 2 is 1.78 bits per heavy atom. The third-order valence-corrected chi connectivity index (χ3v) is 3.44. The van der Waals surface area contributed by atoms with Gasteiger partial charge >= 0.3 is 0 Å². The summed E-state index contributed by atoms with van der Waals surface area (Å²) in [6.07, 6.45) is 0. The Hall–Kier alpha value is -1.31. The first-order chi connectivity index (χ1) is 8.38. The second-order valence-corrected chi connectivity index (χ2v) is 6.38. The maximum atomic E-state index is 5.69. The molecule has 2 heteroatoms. The summed E-state index contributed by atoms with van der Waals surface area (Å²) in [5.74, 6) is 1.34. The Morgan fingerprint density at radius 3 is 2.22 bits per heavy atom. The van der Waals surface area contributed by atoms with Crippen molar-refractivity contribution in [2.75, 3.05) is 6.61 Å². The first-order valence-electron chi connectivity index (χ1n) is 6.69. The van der Waals surface area contributed by atoms with Gasteiger partial charge in [-0.1, -0.05) is 46.8 Å². The van der Waals surface area contributed by atoms with Crippen molar-refractivity contribution in [3.05, 3.63) is 35.4 Å². The lowest BCUT2D eigenvalue weighted by molar-refractivity contribution is 0.292. The number of nitrogens with zero attached hydrogens (tertiary/aromatic N) is 1. The molecule has 1 unspecified atom stereocenters. The van der Waals surface area contributed by atoms with Crippen LogP contribution < -0.4 is 0 Å². The molecule has 0 aromatic heterocycles. The topological polar surface area (TPSA) is 21.6 Å². The van der Waals surface area contributed by atoms with E-state index in [1.807, 2.05) is 0 Å². The fourth-order valence-corrected chi connectivity index (χ4v) is 2.00. The third kappa shape index (κ3) is 2.74. The summed E-state index contributed by atoms with van der Waals surface area (Å²) in [7, 11) is 0. The van der Waals surface area contributed by atoms with Gasteiger partial charge in [-0.2, -0.15) is 0 Å². The zero-order valence-corrected chi connectivity index (χ0v) is 12.0. The van der Waals surface area contributed by atoms with Gasteiger partial charge in [0.2, 0.25) is 5.90 Å². The molecular weight excluding hydrogens is 222 g/mol. The number of hydrogen-bond acceptors (Lipinski definition) is 2. The zero-order valence-electron chi connectivity index (χ0n) is 12.0. The predicted octanol–water partition coefficient (Wildman–Crippen LogP) is 3.79. The number of benzene rings is 1. The van der Waals surface area contributed by atoms with E-state index in [2.05, 4.69) is 63.9 Å². The first kappa shape index (κ1) is 13.1. The predicted molar refractivity (Wildman–Crippen MR) is 76.3 cm³/mol. The average Bonchev–Trinajstić information content (AvgIpc) is 2.77. The van der Waals surface area contributed by atoms with Crippen molar-refractivity contribution in [2.45, 2.75) is 46.1 Å². The van der Waals surface area contributed by atoms with Crippen LogP contribution in [0.4, 0.5) is 0 Å². The van der Waals surface area contributed by atoms with E-state index in [9.17, 15) is 0 Å². The van der Waals surface area contributed by atoms with Gasteiger partial charge in [0.1, 0.15) is 6.61 Å². The molecule has 0 bridgehead atoms. The van der Waals surface area contributed by atoms with E-state index >= 15 is 0 Å². The van der Waals surface area contributed by atoms with Crippen molar-refractivity contribution in [1.82, 2.24) is 0 Å². The molecule has 1 heterocycles. The Bertz CT molecular complexity index is 437. The van der Waals surface area contributed by atoms with Gasteiger partial charge in [-0.15, -0.1) is 0 Å². The molecule has 18 heavy (non-hydrogen) atoms. The van der Waals surface area contributed by atoms with Crippen LogP contribution in [0, 0.1) is 5.92 Å². The van der Waals surface area contributed by atoms with Gasteiger partial charge in [0, 0.05) is 5.56 Å². The summed E-state index contributed by atoms with van der Waals surface area (Å²) >= 11 is 0. The van der Waals surface area contributed by atoms with Gasteiger partial charge < -0.3 is 4.74 Å². The minimum absolute atomic E-state index is 0.192. The Morgan fingerprint density at radius 1 is 1.17 bits per heavy atom. The van der Waals surface area contributed by atoms with Crippen molar-refractivity contribution >= 4 is 5.90 Å². The molecule has 0 aliphatic carbocycles. The van der Waals surface area contributed by atoms with Crippen molar-refractivity contribution in [1.29, 1.82) is 0 Å². The number of aliphatic imine (C=N–C) groups is 1. The van der Waals surface area contributed by atoms with Crippen LogP contribution >= 0.6 is 0 Å². The summed E-state index contributed by atoms with van der Waals surface area (Å²) in [4.78, 5) is 4.64. The van der Waals surface area contributed by atoms with E-state index in [0.29, 0.717) is 18.6 Å². The third-order valence-electron chi connectivity index (χ3n) is 3.44. The summed E-state index contributed by atoms with van der Waals surface area (Å²) in [6.45, 7) is 11.8. The van der Waals surface area contributed by atoms with E-state index in [-0.39, 0.29) is 5.41 Å². The molecule has 0 saturated heterocycles. The van der Waals surface area contributed by atoms with Crippen LogP contribution in [0.3, 0.4) is 0 Å². The number of ether oxygens (including phenoxy) is 1. The van der Waals surface area contributed by atoms with E-state index in [0.717, 1.165) is 11.5 Å². The molecule has 1 aliphatic rings. The van der Waals surface area contributed by atoms with Gasteiger partial charge in [-0.05, 0) is 29.0 Å². The summed E-state index contributed by atoms with van der Waals surface area (Å²) in [5.41, 5.74) is 2.62. The average molecular weight is 245 g/mol. The molecule has 2 rings (SSSR count). The second kappa shape index (κ2) is 4.75.